The van der Waals surface area contributed by atoms with E-state index in [4.69, 9.17) is 4.42 Å². The van der Waals surface area contributed by atoms with E-state index in [1.54, 1.807) is 12.1 Å². The third kappa shape index (κ3) is 2.10. The van der Waals surface area contributed by atoms with E-state index in [0.717, 1.165) is 17.5 Å². The molecule has 0 spiro atoms. The molecule has 0 unspecified atom stereocenters. The van der Waals surface area contributed by atoms with E-state index in [-0.39, 0.29) is 11.7 Å². The lowest BCUT2D eigenvalue weighted by Crippen LogP contribution is -2.25. The number of nitrogens with one attached hydrogen (secondary N) is 1. The Balaban J connectivity index is 2.21. The molecule has 0 aliphatic carbocycles. The fraction of sp³-hybridized carbons (Fsp3) is 0.231. The van der Waals surface area contributed by atoms with Gasteiger partial charge in [-0.2, -0.15) is 5.26 Å². The van der Waals surface area contributed by atoms with Crippen LogP contribution in [0, 0.1) is 11.3 Å². The van der Waals surface area contributed by atoms with Crippen molar-refractivity contribution in [2.75, 3.05) is 0 Å². The molecule has 2 heterocycles. The molecular weight excluding hydrogens is 227 g/mol. The number of nitrogens with zero attached hydrogens (tertiary/aromatic N) is 1. The zero-order valence-corrected chi connectivity index (χ0v) is 10.4. The van der Waals surface area contributed by atoms with Gasteiger partial charge in [-0.05, 0) is 24.1 Å². The summed E-state index contributed by atoms with van der Waals surface area (Å²) < 4.78 is 5.02. The molecule has 1 amide bonds. The molecule has 5 heteroatoms. The van der Waals surface area contributed by atoms with Crippen LogP contribution >= 0.6 is 0 Å². The smallest absolute Gasteiger partial charge is 0.290 e. The Morgan fingerprint density at radius 2 is 2.39 bits per heavy atom. The first kappa shape index (κ1) is 12.2. The number of nitriles is 1. The van der Waals surface area contributed by atoms with Gasteiger partial charge >= 0.3 is 0 Å². The van der Waals surface area contributed by atoms with Gasteiger partial charge in [-0.1, -0.05) is 19.3 Å². The molecule has 0 aromatic carbocycles. The molecule has 0 atom stereocenters. The summed E-state index contributed by atoms with van der Waals surface area (Å²) >= 11 is 0. The fourth-order valence-electron chi connectivity index (χ4n) is 2.18. The van der Waals surface area contributed by atoms with Crippen molar-refractivity contribution in [1.29, 1.82) is 5.26 Å². The lowest BCUT2D eigenvalue weighted by molar-refractivity contribution is 0.0941. The Kier molecular flexibility index (Phi) is 3.38. The first-order chi connectivity index (χ1) is 8.67. The number of carbonyl (C=O) groups is 1. The van der Waals surface area contributed by atoms with Crippen LogP contribution in [0.2, 0.25) is 0 Å². The van der Waals surface area contributed by atoms with E-state index in [1.807, 2.05) is 13.8 Å². The van der Waals surface area contributed by atoms with E-state index < -0.39 is 0 Å². The predicted octanol–water partition coefficient (Wildman–Crippen LogP) is 1.88. The van der Waals surface area contributed by atoms with Crippen molar-refractivity contribution in [2.24, 2.45) is 0 Å². The number of hydrogen-bond acceptors (Lipinski definition) is 3. The normalized spacial score (nSPS) is 14.5. The van der Waals surface area contributed by atoms with Crippen molar-refractivity contribution in [2.45, 2.75) is 20.3 Å². The van der Waals surface area contributed by atoms with Crippen molar-refractivity contribution in [3.05, 3.63) is 46.4 Å². The van der Waals surface area contributed by atoms with Crippen LogP contribution in [0.1, 0.15) is 30.8 Å². The molecule has 2 rings (SSSR count). The number of furan rings is 1. The summed E-state index contributed by atoms with van der Waals surface area (Å²) in [7, 11) is 0.624. The molecule has 4 nitrogen and oxygen atoms in total. The Morgan fingerprint density at radius 1 is 1.61 bits per heavy atom. The maximum atomic E-state index is 11.9. The van der Waals surface area contributed by atoms with Gasteiger partial charge in [0.05, 0.1) is 11.8 Å². The molecule has 1 aromatic rings. The average molecular weight is 240 g/mol. The molecule has 0 bridgehead atoms. The molecule has 1 aliphatic heterocycles. The van der Waals surface area contributed by atoms with E-state index >= 15 is 0 Å². The Hall–Kier alpha value is -2.22. The van der Waals surface area contributed by atoms with Crippen molar-refractivity contribution < 1.29 is 9.21 Å². The Labute approximate surface area is 106 Å². The van der Waals surface area contributed by atoms with Gasteiger partial charge in [-0.3, -0.25) is 4.79 Å². The fourth-order valence-corrected chi connectivity index (χ4v) is 2.18. The number of amides is 1. The first-order valence-electron chi connectivity index (χ1n) is 5.84. The van der Waals surface area contributed by atoms with Crippen molar-refractivity contribution in [3.63, 3.8) is 0 Å². The maximum absolute atomic E-state index is 11.9. The number of allylic oxidation sites excluding steroid dienone is 3. The second-order valence-corrected chi connectivity index (χ2v) is 4.19. The Bertz CT molecular complexity index is 577. The van der Waals surface area contributed by atoms with Gasteiger partial charge in [0.2, 0.25) is 7.28 Å². The monoisotopic (exact) mass is 240 g/mol. The van der Waals surface area contributed by atoms with E-state index in [1.165, 1.54) is 6.26 Å². The zero-order chi connectivity index (χ0) is 13.1. The molecule has 0 radical (unpaired) electrons. The SMILES string of the molecule is CCC1=C(C)BC(NC(=O)c2ccco2)=C1C#N. The second kappa shape index (κ2) is 4.97. The minimum absolute atomic E-state index is 0.252. The van der Waals surface area contributed by atoms with Crippen LogP contribution in [0.5, 0.6) is 0 Å². The highest BCUT2D eigenvalue weighted by Gasteiger charge is 2.24. The summed E-state index contributed by atoms with van der Waals surface area (Å²) in [6.45, 7) is 4.00. The Morgan fingerprint density at radius 3 is 2.94 bits per heavy atom. The highest BCUT2D eigenvalue weighted by atomic mass is 16.3. The van der Waals surface area contributed by atoms with Gasteiger partial charge in [0, 0.05) is 5.60 Å². The number of carbonyl (C=O) groups excluding carboxylic acids is 1. The summed E-state index contributed by atoms with van der Waals surface area (Å²) in [6, 6.07) is 5.42. The summed E-state index contributed by atoms with van der Waals surface area (Å²) in [5.41, 5.74) is 3.44. The van der Waals surface area contributed by atoms with Gasteiger partial charge in [0.25, 0.3) is 5.91 Å². The van der Waals surface area contributed by atoms with E-state index in [2.05, 4.69) is 11.4 Å². The quantitative estimate of drug-likeness (QED) is 0.820. The standard InChI is InChI=1S/C13H13BN2O2/c1-3-9-8(2)14-12(10(9)7-15)16-13(17)11-5-4-6-18-11/h4-6,14H,3H2,1-2H3,(H,16,17). The van der Waals surface area contributed by atoms with Crippen LogP contribution < -0.4 is 5.32 Å². The number of rotatable bonds is 3. The highest BCUT2D eigenvalue weighted by Crippen LogP contribution is 2.27. The number of hydrogen-bond donors (Lipinski definition) is 1. The molecule has 18 heavy (non-hydrogen) atoms. The summed E-state index contributed by atoms with van der Waals surface area (Å²) in [4.78, 5) is 11.9. The third-order valence-corrected chi connectivity index (χ3v) is 3.04. The van der Waals surface area contributed by atoms with Gasteiger partial charge < -0.3 is 9.73 Å². The summed E-state index contributed by atoms with van der Waals surface area (Å²) in [5.74, 6) is -0.0599. The van der Waals surface area contributed by atoms with Crippen LogP contribution in [0.15, 0.2) is 45.0 Å². The average Bonchev–Trinajstić information content (AvgIpc) is 2.96. The molecule has 1 aliphatic rings. The summed E-state index contributed by atoms with van der Waals surface area (Å²) in [5, 5.41) is 11.9. The molecule has 0 saturated heterocycles. The van der Waals surface area contributed by atoms with Crippen LogP contribution in [0.4, 0.5) is 0 Å². The summed E-state index contributed by atoms with van der Waals surface area (Å²) in [6.07, 6.45) is 2.25. The minimum atomic E-state index is -0.312. The van der Waals surface area contributed by atoms with Crippen LogP contribution in [0.25, 0.3) is 0 Å². The van der Waals surface area contributed by atoms with Crippen LogP contribution in [-0.4, -0.2) is 13.2 Å². The van der Waals surface area contributed by atoms with Crippen LogP contribution in [-0.2, 0) is 0 Å². The zero-order valence-electron chi connectivity index (χ0n) is 10.4. The minimum Gasteiger partial charge on any atom is -0.459 e. The lowest BCUT2D eigenvalue weighted by Gasteiger charge is -2.05. The lowest BCUT2D eigenvalue weighted by atomic mass is 9.69. The molecule has 90 valence electrons. The van der Waals surface area contributed by atoms with Crippen LogP contribution in [0.3, 0.4) is 0 Å². The van der Waals surface area contributed by atoms with Gasteiger partial charge in [-0.25, -0.2) is 0 Å². The largest absolute Gasteiger partial charge is 0.459 e. The third-order valence-electron chi connectivity index (χ3n) is 3.04. The second-order valence-electron chi connectivity index (χ2n) is 4.19. The first-order valence-corrected chi connectivity index (χ1v) is 5.84. The van der Waals surface area contributed by atoms with Crippen molar-refractivity contribution in [3.8, 4) is 6.07 Å². The molecule has 0 fully saturated rings. The van der Waals surface area contributed by atoms with Gasteiger partial charge in [0.1, 0.15) is 6.07 Å². The predicted molar refractivity (Wildman–Crippen MR) is 69.0 cm³/mol. The topological polar surface area (TPSA) is 66.0 Å². The van der Waals surface area contributed by atoms with E-state index in [0.29, 0.717) is 18.4 Å². The molecule has 0 saturated carbocycles. The molecular formula is C13H13BN2O2. The molecule has 1 aromatic heterocycles. The van der Waals surface area contributed by atoms with Crippen molar-refractivity contribution in [1.82, 2.24) is 5.32 Å². The maximum Gasteiger partial charge on any atom is 0.290 e. The van der Waals surface area contributed by atoms with E-state index in [9.17, 15) is 10.1 Å². The highest BCUT2D eigenvalue weighted by molar-refractivity contribution is 6.56. The van der Waals surface area contributed by atoms with Crippen molar-refractivity contribution >= 4 is 13.2 Å². The van der Waals surface area contributed by atoms with Gasteiger partial charge in [-0.15, -0.1) is 0 Å². The van der Waals surface area contributed by atoms with Gasteiger partial charge in [0.15, 0.2) is 5.76 Å². The molecule has 1 N–H and O–H groups in total.